The van der Waals surface area contributed by atoms with Crippen LogP contribution in [0.1, 0.15) is 22.3 Å². The third kappa shape index (κ3) is 5.28. The van der Waals surface area contributed by atoms with Gasteiger partial charge < -0.3 is 9.80 Å². The van der Waals surface area contributed by atoms with Gasteiger partial charge in [-0.1, -0.05) is 6.07 Å². The van der Waals surface area contributed by atoms with Gasteiger partial charge in [0.1, 0.15) is 15.7 Å². The number of carbonyl (C=O) groups excluding carboxylic acids is 1. The summed E-state index contributed by atoms with van der Waals surface area (Å²) in [5.41, 5.74) is 1.16. The molecule has 1 saturated heterocycles. The molecule has 5 nitrogen and oxygen atoms in total. The first kappa shape index (κ1) is 17.9. The summed E-state index contributed by atoms with van der Waals surface area (Å²) < 4.78 is 35.9. The van der Waals surface area contributed by atoms with Crippen LogP contribution in [0.15, 0.2) is 18.2 Å². The molecule has 0 aromatic heterocycles. The lowest BCUT2D eigenvalue weighted by Gasteiger charge is -2.22. The molecule has 0 unspecified atom stereocenters. The molecule has 0 radical (unpaired) electrons. The molecule has 128 valence electrons. The summed E-state index contributed by atoms with van der Waals surface area (Å²) in [4.78, 5) is 16.4. The fraction of sp³-hybridized carbons (Fsp3) is 0.562. The van der Waals surface area contributed by atoms with E-state index in [-0.39, 0.29) is 11.7 Å². The number of amides is 1. The third-order valence-electron chi connectivity index (χ3n) is 4.08. The number of carbonyl (C=O) groups is 1. The Kier molecular flexibility index (Phi) is 5.75. The minimum atomic E-state index is -2.98. The van der Waals surface area contributed by atoms with Crippen molar-refractivity contribution in [2.45, 2.75) is 13.3 Å². The van der Waals surface area contributed by atoms with Crippen molar-refractivity contribution < 1.29 is 17.6 Å². The monoisotopic (exact) mass is 342 g/mol. The number of sulfone groups is 1. The molecule has 0 saturated carbocycles. The molecule has 0 atom stereocenters. The number of aryl methyl sites for hydroxylation is 1. The van der Waals surface area contributed by atoms with Crippen molar-refractivity contribution in [2.75, 3.05) is 44.7 Å². The fourth-order valence-electron chi connectivity index (χ4n) is 2.69. The number of hydrogen-bond acceptors (Lipinski definition) is 4. The van der Waals surface area contributed by atoms with Gasteiger partial charge in [0.15, 0.2) is 0 Å². The molecule has 1 aliphatic heterocycles. The summed E-state index contributed by atoms with van der Waals surface area (Å²) in [7, 11) is -2.98. The molecule has 1 aliphatic rings. The fourth-order valence-corrected chi connectivity index (χ4v) is 3.28. The third-order valence-corrected chi connectivity index (χ3v) is 5.01. The molecule has 0 bridgehead atoms. The van der Waals surface area contributed by atoms with Crippen molar-refractivity contribution in [3.63, 3.8) is 0 Å². The summed E-state index contributed by atoms with van der Waals surface area (Å²) in [6.07, 6.45) is 2.01. The summed E-state index contributed by atoms with van der Waals surface area (Å²) in [6, 6.07) is 4.24. The van der Waals surface area contributed by atoms with Gasteiger partial charge in [0, 0.05) is 38.0 Å². The van der Waals surface area contributed by atoms with Crippen molar-refractivity contribution in [1.29, 1.82) is 0 Å². The van der Waals surface area contributed by atoms with Crippen molar-refractivity contribution in [1.82, 2.24) is 9.80 Å². The quantitative estimate of drug-likeness (QED) is 0.828. The van der Waals surface area contributed by atoms with E-state index in [9.17, 15) is 17.6 Å². The van der Waals surface area contributed by atoms with Crippen LogP contribution in [0.4, 0.5) is 4.39 Å². The Bertz CT molecular complexity index is 676. The molecular formula is C16H23FN2O3S. The average molecular weight is 342 g/mol. The second kappa shape index (κ2) is 7.40. The molecule has 1 aromatic carbocycles. The molecule has 0 aliphatic carbocycles. The molecule has 1 fully saturated rings. The second-order valence-electron chi connectivity index (χ2n) is 6.08. The van der Waals surface area contributed by atoms with Crippen LogP contribution in [0, 0.1) is 12.7 Å². The van der Waals surface area contributed by atoms with E-state index in [1.807, 2.05) is 0 Å². The van der Waals surface area contributed by atoms with Crippen LogP contribution < -0.4 is 0 Å². The normalized spacial score (nSPS) is 17.1. The van der Waals surface area contributed by atoms with Crippen LogP contribution in [0.2, 0.25) is 0 Å². The maximum atomic E-state index is 13.4. The Balaban J connectivity index is 2.00. The maximum Gasteiger partial charge on any atom is 0.254 e. The number of halogens is 1. The van der Waals surface area contributed by atoms with E-state index in [0.717, 1.165) is 18.5 Å². The van der Waals surface area contributed by atoms with Gasteiger partial charge in [-0.2, -0.15) is 0 Å². The van der Waals surface area contributed by atoms with Crippen LogP contribution in [0.3, 0.4) is 0 Å². The number of benzene rings is 1. The maximum absolute atomic E-state index is 13.4. The summed E-state index contributed by atoms with van der Waals surface area (Å²) >= 11 is 0. The number of nitrogens with zero attached hydrogens (tertiary/aromatic N) is 2. The van der Waals surface area contributed by atoms with Crippen LogP contribution in [-0.4, -0.2) is 68.9 Å². The highest BCUT2D eigenvalue weighted by Crippen LogP contribution is 2.15. The average Bonchev–Trinajstić information content (AvgIpc) is 2.72. The van der Waals surface area contributed by atoms with Gasteiger partial charge in [-0.25, -0.2) is 12.8 Å². The Hall–Kier alpha value is -1.47. The van der Waals surface area contributed by atoms with Crippen LogP contribution in [0.25, 0.3) is 0 Å². The van der Waals surface area contributed by atoms with Crippen LogP contribution >= 0.6 is 0 Å². The van der Waals surface area contributed by atoms with Crippen LogP contribution in [-0.2, 0) is 9.84 Å². The largest absolute Gasteiger partial charge is 0.337 e. The topological polar surface area (TPSA) is 57.7 Å². The first-order chi connectivity index (χ1) is 10.8. The van der Waals surface area contributed by atoms with Crippen molar-refractivity contribution in [3.05, 3.63) is 35.1 Å². The number of rotatable bonds is 4. The molecule has 7 heteroatoms. The summed E-state index contributed by atoms with van der Waals surface area (Å²) in [5, 5.41) is 0. The smallest absolute Gasteiger partial charge is 0.254 e. The van der Waals surface area contributed by atoms with Crippen molar-refractivity contribution >= 4 is 15.7 Å². The highest BCUT2D eigenvalue weighted by molar-refractivity contribution is 7.90. The summed E-state index contributed by atoms with van der Waals surface area (Å²) in [6.45, 7) is 4.81. The van der Waals surface area contributed by atoms with E-state index in [0.29, 0.717) is 31.7 Å². The lowest BCUT2D eigenvalue weighted by Crippen LogP contribution is -2.36. The Labute approximate surface area is 137 Å². The Morgan fingerprint density at radius 2 is 1.96 bits per heavy atom. The van der Waals surface area contributed by atoms with E-state index < -0.39 is 15.7 Å². The van der Waals surface area contributed by atoms with Crippen LogP contribution in [0.5, 0.6) is 0 Å². The lowest BCUT2D eigenvalue weighted by molar-refractivity contribution is 0.0760. The second-order valence-corrected chi connectivity index (χ2v) is 8.34. The van der Waals surface area contributed by atoms with E-state index in [1.54, 1.807) is 17.9 Å². The van der Waals surface area contributed by atoms with Gasteiger partial charge in [-0.3, -0.25) is 4.79 Å². The minimum Gasteiger partial charge on any atom is -0.337 e. The van der Waals surface area contributed by atoms with Gasteiger partial charge in [-0.15, -0.1) is 0 Å². The highest BCUT2D eigenvalue weighted by atomic mass is 32.2. The molecule has 1 aromatic rings. The van der Waals surface area contributed by atoms with E-state index in [1.165, 1.54) is 18.4 Å². The molecule has 1 amide bonds. The predicted molar refractivity (Wildman–Crippen MR) is 87.8 cm³/mol. The zero-order valence-electron chi connectivity index (χ0n) is 13.6. The molecule has 23 heavy (non-hydrogen) atoms. The van der Waals surface area contributed by atoms with E-state index in [2.05, 4.69) is 4.90 Å². The van der Waals surface area contributed by atoms with Gasteiger partial charge in [0.25, 0.3) is 5.91 Å². The molecule has 0 spiro atoms. The Morgan fingerprint density at radius 1 is 1.22 bits per heavy atom. The standard InChI is InChI=1S/C16H23FN2O3S/c1-13-4-5-14(17)12-15(13)16(20)19-7-3-6-18(8-9-19)10-11-23(2,21)22/h4-5,12H,3,6-11H2,1-2H3. The van der Waals surface area contributed by atoms with E-state index in [4.69, 9.17) is 0 Å². The van der Waals surface area contributed by atoms with Gasteiger partial charge in [0.05, 0.1) is 5.75 Å². The number of hydrogen-bond donors (Lipinski definition) is 0. The first-order valence-corrected chi connectivity index (χ1v) is 9.78. The SMILES string of the molecule is Cc1ccc(F)cc1C(=O)N1CCCN(CCS(C)(=O)=O)CC1. The molecule has 2 rings (SSSR count). The van der Waals surface area contributed by atoms with Crippen molar-refractivity contribution in [2.24, 2.45) is 0 Å². The minimum absolute atomic E-state index is 0.129. The zero-order chi connectivity index (χ0) is 17.0. The first-order valence-electron chi connectivity index (χ1n) is 7.72. The summed E-state index contributed by atoms with van der Waals surface area (Å²) in [5.74, 6) is -0.445. The predicted octanol–water partition coefficient (Wildman–Crippen LogP) is 1.33. The Morgan fingerprint density at radius 3 is 2.65 bits per heavy atom. The molecule has 0 N–H and O–H groups in total. The molecular weight excluding hydrogens is 319 g/mol. The van der Waals surface area contributed by atoms with Gasteiger partial charge in [-0.05, 0) is 37.6 Å². The zero-order valence-corrected chi connectivity index (χ0v) is 14.4. The van der Waals surface area contributed by atoms with E-state index >= 15 is 0 Å². The van der Waals surface area contributed by atoms with Crippen molar-refractivity contribution in [3.8, 4) is 0 Å². The lowest BCUT2D eigenvalue weighted by atomic mass is 10.1. The van der Waals surface area contributed by atoms with Gasteiger partial charge in [0.2, 0.25) is 0 Å². The van der Waals surface area contributed by atoms with Gasteiger partial charge >= 0.3 is 0 Å². The highest BCUT2D eigenvalue weighted by Gasteiger charge is 2.22. The molecule has 1 heterocycles.